The van der Waals surface area contributed by atoms with Crippen molar-refractivity contribution >= 4 is 21.8 Å². The van der Waals surface area contributed by atoms with Crippen LogP contribution in [0.4, 0.5) is 26.3 Å². The van der Waals surface area contributed by atoms with Gasteiger partial charge in [0.1, 0.15) is 0 Å². The molecule has 0 aromatic heterocycles. The maximum absolute atomic E-state index is 12.4. The second-order valence-electron chi connectivity index (χ2n) is 3.44. The molecule has 0 rings (SSSR count). The average Bonchev–Trinajstić information content (AvgIpc) is 2.12. The second-order valence-corrected chi connectivity index (χ2v) is 4.63. The summed E-state index contributed by atoms with van der Waals surface area (Å²) in [6.07, 6.45) is -11.3. The largest absolute Gasteiger partial charge is 0.421 e. The van der Waals surface area contributed by atoms with Crippen molar-refractivity contribution in [2.75, 3.05) is 0 Å². The maximum Gasteiger partial charge on any atom is 0.421 e. The Morgan fingerprint density at radius 3 is 1.76 bits per heavy atom. The Morgan fingerprint density at radius 1 is 1.18 bits per heavy atom. The van der Waals surface area contributed by atoms with Gasteiger partial charge in [-0.25, -0.2) is 0 Å². The van der Waals surface area contributed by atoms with Crippen molar-refractivity contribution in [3.8, 4) is 0 Å². The number of amides is 1. The molecule has 0 aliphatic carbocycles. The van der Waals surface area contributed by atoms with E-state index in [0.29, 0.717) is 0 Å². The fourth-order valence-electron chi connectivity index (χ4n) is 0.843. The van der Waals surface area contributed by atoms with Crippen LogP contribution in [-0.2, 0) is 4.79 Å². The third-order valence-electron chi connectivity index (χ3n) is 2.08. The van der Waals surface area contributed by atoms with E-state index in [1.807, 2.05) is 0 Å². The molecule has 0 aliphatic rings. The Kier molecular flexibility index (Phi) is 4.89. The Bertz CT molecular complexity index is 273. The summed E-state index contributed by atoms with van der Waals surface area (Å²) in [5.41, 5.74) is 0. The molecule has 102 valence electrons. The van der Waals surface area contributed by atoms with E-state index in [1.165, 1.54) is 29.8 Å². The van der Waals surface area contributed by atoms with E-state index in [-0.39, 0.29) is 6.42 Å². The van der Waals surface area contributed by atoms with Crippen molar-refractivity contribution in [3.05, 3.63) is 0 Å². The van der Waals surface area contributed by atoms with Gasteiger partial charge in [0.25, 0.3) is 10.2 Å². The van der Waals surface area contributed by atoms with E-state index >= 15 is 0 Å². The SMILES string of the molecule is CC[C@H](C)NC(=O)C(Br)(C(F)(F)F)C(F)(F)F. The number of nitrogens with one attached hydrogen (secondary N) is 1. The van der Waals surface area contributed by atoms with E-state index < -0.39 is 28.6 Å². The summed E-state index contributed by atoms with van der Waals surface area (Å²) in [4.78, 5) is 11.1. The van der Waals surface area contributed by atoms with Gasteiger partial charge >= 0.3 is 12.4 Å². The highest BCUT2D eigenvalue weighted by molar-refractivity contribution is 9.10. The molecule has 0 saturated heterocycles. The minimum absolute atomic E-state index is 0.213. The lowest BCUT2D eigenvalue weighted by Gasteiger charge is -2.31. The summed E-state index contributed by atoms with van der Waals surface area (Å²) in [5.74, 6) is -2.16. The van der Waals surface area contributed by atoms with Gasteiger partial charge in [0.05, 0.1) is 0 Å². The van der Waals surface area contributed by atoms with Gasteiger partial charge in [0.2, 0.25) is 0 Å². The van der Waals surface area contributed by atoms with Crippen LogP contribution in [0.2, 0.25) is 0 Å². The van der Waals surface area contributed by atoms with Gasteiger partial charge in [-0.05, 0) is 13.3 Å². The number of hydrogen-bond donors (Lipinski definition) is 1. The molecular weight excluding hydrogens is 320 g/mol. The summed E-state index contributed by atoms with van der Waals surface area (Å²) in [7, 11) is 0. The van der Waals surface area contributed by atoms with Gasteiger partial charge in [-0.3, -0.25) is 4.79 Å². The van der Waals surface area contributed by atoms with Crippen LogP contribution in [0, 0.1) is 0 Å². The predicted molar refractivity (Wildman–Crippen MR) is 51.7 cm³/mol. The summed E-state index contributed by atoms with van der Waals surface area (Å²) in [5, 5.41) is 1.66. The molecule has 0 radical (unpaired) electrons. The molecule has 17 heavy (non-hydrogen) atoms. The molecule has 0 aromatic carbocycles. The van der Waals surface area contributed by atoms with Crippen molar-refractivity contribution in [3.63, 3.8) is 0 Å². The topological polar surface area (TPSA) is 29.1 Å². The van der Waals surface area contributed by atoms with Crippen molar-refractivity contribution in [1.29, 1.82) is 0 Å². The van der Waals surface area contributed by atoms with Gasteiger partial charge < -0.3 is 5.32 Å². The molecule has 2 nitrogen and oxygen atoms in total. The number of halogens is 7. The lowest BCUT2D eigenvalue weighted by Crippen LogP contribution is -2.62. The predicted octanol–water partition coefficient (Wildman–Crippen LogP) is 3.16. The molecule has 0 aliphatic heterocycles. The highest BCUT2D eigenvalue weighted by Gasteiger charge is 2.74. The van der Waals surface area contributed by atoms with E-state index in [9.17, 15) is 31.1 Å². The third kappa shape index (κ3) is 3.26. The quantitative estimate of drug-likeness (QED) is 0.625. The minimum atomic E-state index is -5.78. The van der Waals surface area contributed by atoms with Crippen LogP contribution >= 0.6 is 15.9 Å². The van der Waals surface area contributed by atoms with Crippen molar-refractivity contribution < 1.29 is 31.1 Å². The molecular formula is C8H10BrF6NO. The Balaban J connectivity index is 5.30. The Labute approximate surface area is 102 Å². The smallest absolute Gasteiger partial charge is 0.352 e. The van der Waals surface area contributed by atoms with Gasteiger partial charge in [-0.15, -0.1) is 0 Å². The van der Waals surface area contributed by atoms with Crippen LogP contribution in [0.25, 0.3) is 0 Å². The summed E-state index contributed by atoms with van der Waals surface area (Å²) < 4.78 is 69.7. The molecule has 0 bridgehead atoms. The Hall–Kier alpha value is -0.470. The van der Waals surface area contributed by atoms with E-state index in [4.69, 9.17) is 0 Å². The second kappa shape index (κ2) is 5.03. The van der Waals surface area contributed by atoms with Gasteiger partial charge in [0, 0.05) is 6.04 Å². The van der Waals surface area contributed by atoms with E-state index in [1.54, 1.807) is 5.32 Å². The first-order chi connectivity index (χ1) is 7.38. The molecule has 1 N–H and O–H groups in total. The maximum atomic E-state index is 12.4. The molecule has 1 amide bonds. The third-order valence-corrected chi connectivity index (χ3v) is 3.34. The molecule has 0 unspecified atom stereocenters. The molecule has 0 aromatic rings. The van der Waals surface area contributed by atoms with Gasteiger partial charge in [-0.2, -0.15) is 26.3 Å². The van der Waals surface area contributed by atoms with Crippen LogP contribution in [0.5, 0.6) is 0 Å². The number of hydrogen-bond acceptors (Lipinski definition) is 1. The zero-order valence-electron chi connectivity index (χ0n) is 8.84. The molecule has 0 saturated carbocycles. The normalized spacial score (nSPS) is 15.6. The van der Waals surface area contributed by atoms with Crippen molar-refractivity contribution in [2.45, 2.75) is 43.0 Å². The van der Waals surface area contributed by atoms with Crippen molar-refractivity contribution in [2.24, 2.45) is 0 Å². The highest BCUT2D eigenvalue weighted by Crippen LogP contribution is 2.49. The first-order valence-corrected chi connectivity index (χ1v) is 5.30. The van der Waals surface area contributed by atoms with E-state index in [2.05, 4.69) is 0 Å². The number of carbonyl (C=O) groups excluding carboxylic acids is 1. The first-order valence-electron chi connectivity index (χ1n) is 4.51. The minimum Gasteiger partial charge on any atom is -0.352 e. The zero-order chi connectivity index (χ0) is 14.1. The highest BCUT2D eigenvalue weighted by atomic mass is 79.9. The summed E-state index contributed by atoms with van der Waals surface area (Å²) in [6, 6.07) is -0.788. The summed E-state index contributed by atoms with van der Waals surface area (Å²) >= 11 is 1.49. The van der Waals surface area contributed by atoms with Crippen LogP contribution in [0.1, 0.15) is 20.3 Å². The number of carbonyl (C=O) groups is 1. The average molecular weight is 330 g/mol. The lowest BCUT2D eigenvalue weighted by molar-refractivity contribution is -0.255. The van der Waals surface area contributed by atoms with Crippen LogP contribution in [0.3, 0.4) is 0 Å². The first kappa shape index (κ1) is 16.5. The van der Waals surface area contributed by atoms with Crippen molar-refractivity contribution in [1.82, 2.24) is 5.32 Å². The van der Waals surface area contributed by atoms with Crippen LogP contribution < -0.4 is 5.32 Å². The van der Waals surface area contributed by atoms with E-state index in [0.717, 1.165) is 0 Å². The van der Waals surface area contributed by atoms with Crippen LogP contribution in [0.15, 0.2) is 0 Å². The van der Waals surface area contributed by atoms with Gasteiger partial charge in [-0.1, -0.05) is 22.9 Å². The molecule has 0 heterocycles. The fraction of sp³-hybridized carbons (Fsp3) is 0.875. The lowest BCUT2D eigenvalue weighted by atomic mass is 10.1. The fourth-order valence-corrected chi connectivity index (χ4v) is 0.958. The summed E-state index contributed by atoms with van der Waals surface area (Å²) in [6.45, 7) is 2.82. The Morgan fingerprint density at radius 2 is 1.53 bits per heavy atom. The molecule has 1 atom stereocenters. The molecule has 0 fully saturated rings. The molecule has 9 heteroatoms. The molecule has 0 spiro atoms. The monoisotopic (exact) mass is 329 g/mol. The van der Waals surface area contributed by atoms with Gasteiger partial charge in [0.15, 0.2) is 0 Å². The standard InChI is InChI=1S/C8H10BrF6NO/c1-3-4(2)16-5(17)6(9,7(10,11)12)8(13,14)15/h4H,3H2,1-2H3,(H,16,17)/t4-/m0/s1. The van der Waals surface area contributed by atoms with Crippen LogP contribution in [-0.4, -0.2) is 28.6 Å². The zero-order valence-corrected chi connectivity index (χ0v) is 10.4. The number of rotatable bonds is 3. The number of alkyl halides is 7.